The Morgan fingerprint density at radius 2 is 2.17 bits per heavy atom. The summed E-state index contributed by atoms with van der Waals surface area (Å²) in [5.41, 5.74) is 2.25. The second-order valence-electron chi connectivity index (χ2n) is 5.70. The van der Waals surface area contributed by atoms with Gasteiger partial charge in [0.15, 0.2) is 0 Å². The molecule has 2 heterocycles. The normalized spacial score (nSPS) is 36.8. The molecule has 0 aromatic heterocycles. The van der Waals surface area contributed by atoms with Crippen molar-refractivity contribution in [2.24, 2.45) is 5.92 Å². The summed E-state index contributed by atoms with van der Waals surface area (Å²) in [4.78, 5) is 14.5. The first-order valence-corrected chi connectivity index (χ1v) is 7.19. The van der Waals surface area contributed by atoms with Crippen LogP contribution in [-0.2, 0) is 11.2 Å². The summed E-state index contributed by atoms with van der Waals surface area (Å²) in [5, 5.41) is 0.777. The summed E-state index contributed by atoms with van der Waals surface area (Å²) in [6.07, 6.45) is 3.89. The highest BCUT2D eigenvalue weighted by atomic mass is 35.5. The highest BCUT2D eigenvalue weighted by Gasteiger charge is 2.61. The van der Waals surface area contributed by atoms with Crippen LogP contribution in [0.4, 0.5) is 5.69 Å². The van der Waals surface area contributed by atoms with Crippen molar-refractivity contribution in [2.45, 2.75) is 36.6 Å². The van der Waals surface area contributed by atoms with Gasteiger partial charge in [-0.25, -0.2) is 0 Å². The molecule has 2 bridgehead atoms. The lowest BCUT2D eigenvalue weighted by atomic mass is 9.84. The summed E-state index contributed by atoms with van der Waals surface area (Å²) in [6, 6.07) is 5.85. The van der Waals surface area contributed by atoms with Gasteiger partial charge in [-0.1, -0.05) is 11.6 Å². The zero-order valence-corrected chi connectivity index (χ0v) is 11.3. The number of aryl methyl sites for hydroxylation is 1. The van der Waals surface area contributed by atoms with Crippen molar-refractivity contribution in [1.29, 1.82) is 0 Å². The number of amides is 1. The number of alkyl halides is 1. The van der Waals surface area contributed by atoms with Gasteiger partial charge in [0.25, 0.3) is 0 Å². The third-order valence-electron chi connectivity index (χ3n) is 4.77. The van der Waals surface area contributed by atoms with Crippen LogP contribution in [0.2, 0.25) is 5.02 Å². The third-order valence-corrected chi connectivity index (χ3v) is 5.46. The number of benzene rings is 1. The lowest BCUT2D eigenvalue weighted by Gasteiger charge is -2.44. The first-order valence-electron chi connectivity index (χ1n) is 6.37. The number of carbonyl (C=O) groups excluding carboxylic acids is 1. The Kier molecular flexibility index (Phi) is 2.12. The summed E-state index contributed by atoms with van der Waals surface area (Å²) < 4.78 is 0. The van der Waals surface area contributed by atoms with Gasteiger partial charge in [-0.05, 0) is 49.4 Å². The van der Waals surface area contributed by atoms with E-state index in [0.29, 0.717) is 0 Å². The molecule has 4 rings (SSSR count). The summed E-state index contributed by atoms with van der Waals surface area (Å²) in [5.74, 6) is 0.234. The first-order chi connectivity index (χ1) is 8.61. The second kappa shape index (κ2) is 3.43. The van der Waals surface area contributed by atoms with E-state index in [0.717, 1.165) is 36.4 Å². The van der Waals surface area contributed by atoms with Crippen molar-refractivity contribution in [2.75, 3.05) is 4.90 Å². The lowest BCUT2D eigenvalue weighted by molar-refractivity contribution is -0.121. The molecule has 1 spiro atoms. The SMILES string of the molecule is O=C1[C@@H]2C[C@@]3(CCc4cc(Cl)ccc4N13)C[C@@H]2Cl. The van der Waals surface area contributed by atoms with E-state index >= 15 is 0 Å². The lowest BCUT2D eigenvalue weighted by Crippen LogP contribution is -2.52. The molecule has 1 aromatic rings. The fraction of sp³-hybridized carbons (Fsp3) is 0.500. The van der Waals surface area contributed by atoms with Crippen LogP contribution in [0.25, 0.3) is 0 Å². The van der Waals surface area contributed by atoms with Crippen LogP contribution < -0.4 is 4.90 Å². The molecular weight excluding hydrogens is 269 g/mol. The van der Waals surface area contributed by atoms with Crippen LogP contribution in [0, 0.1) is 5.92 Å². The number of nitrogens with zero attached hydrogens (tertiary/aromatic N) is 1. The highest BCUT2D eigenvalue weighted by molar-refractivity contribution is 6.30. The van der Waals surface area contributed by atoms with E-state index < -0.39 is 0 Å². The largest absolute Gasteiger partial charge is 0.306 e. The van der Waals surface area contributed by atoms with Crippen molar-refractivity contribution >= 4 is 34.8 Å². The number of rotatable bonds is 0. The number of halogens is 2. The smallest absolute Gasteiger partial charge is 0.232 e. The van der Waals surface area contributed by atoms with Gasteiger partial charge >= 0.3 is 0 Å². The van der Waals surface area contributed by atoms with Crippen LogP contribution in [0.15, 0.2) is 18.2 Å². The number of piperidine rings is 1. The minimum absolute atomic E-state index is 0.00496. The zero-order valence-electron chi connectivity index (χ0n) is 9.83. The van der Waals surface area contributed by atoms with E-state index in [9.17, 15) is 4.79 Å². The molecule has 0 unspecified atom stereocenters. The van der Waals surface area contributed by atoms with Crippen molar-refractivity contribution < 1.29 is 4.79 Å². The molecule has 4 heteroatoms. The summed E-state index contributed by atoms with van der Waals surface area (Å²) >= 11 is 12.3. The van der Waals surface area contributed by atoms with Gasteiger partial charge in [0.2, 0.25) is 5.91 Å². The fourth-order valence-corrected chi connectivity index (χ4v) is 4.66. The standard InChI is InChI=1S/C14H13Cl2NO/c15-9-1-2-12-8(5-9)3-4-14-6-10(11(16)7-14)13(18)17(12)14/h1-2,5,10-11H,3-4,6-7H2/t10-,11+,14+/m1/s1. The highest BCUT2D eigenvalue weighted by Crippen LogP contribution is 2.56. The van der Waals surface area contributed by atoms with E-state index in [4.69, 9.17) is 23.2 Å². The Morgan fingerprint density at radius 1 is 1.33 bits per heavy atom. The molecule has 2 nitrogen and oxygen atoms in total. The quantitative estimate of drug-likeness (QED) is 0.668. The van der Waals surface area contributed by atoms with Gasteiger partial charge in [0.1, 0.15) is 0 Å². The fourth-order valence-electron chi connectivity index (χ4n) is 3.98. The molecular formula is C14H13Cl2NO. The number of hydrogen-bond acceptors (Lipinski definition) is 1. The van der Waals surface area contributed by atoms with E-state index in [1.807, 2.05) is 23.1 Å². The van der Waals surface area contributed by atoms with Crippen molar-refractivity contribution in [3.8, 4) is 0 Å². The Balaban J connectivity index is 1.87. The Morgan fingerprint density at radius 3 is 3.00 bits per heavy atom. The predicted octanol–water partition coefficient (Wildman–Crippen LogP) is 3.39. The number of anilines is 1. The van der Waals surface area contributed by atoms with Crippen molar-refractivity contribution in [1.82, 2.24) is 0 Å². The van der Waals surface area contributed by atoms with Crippen LogP contribution in [0.3, 0.4) is 0 Å². The van der Waals surface area contributed by atoms with E-state index in [1.165, 1.54) is 5.56 Å². The number of carbonyl (C=O) groups is 1. The monoisotopic (exact) mass is 281 g/mol. The molecule has 2 aliphatic heterocycles. The van der Waals surface area contributed by atoms with Gasteiger partial charge in [-0.15, -0.1) is 11.6 Å². The maximum atomic E-state index is 12.5. The molecule has 1 saturated heterocycles. The van der Waals surface area contributed by atoms with Crippen LogP contribution in [-0.4, -0.2) is 16.8 Å². The third kappa shape index (κ3) is 1.23. The molecule has 1 aliphatic carbocycles. The molecule has 1 aromatic carbocycles. The van der Waals surface area contributed by atoms with Gasteiger partial charge in [-0.2, -0.15) is 0 Å². The van der Waals surface area contributed by atoms with Crippen LogP contribution >= 0.6 is 23.2 Å². The average molecular weight is 282 g/mol. The average Bonchev–Trinajstić information content (AvgIpc) is 2.80. The summed E-state index contributed by atoms with van der Waals surface area (Å²) in [6.45, 7) is 0. The zero-order chi connectivity index (χ0) is 12.5. The molecule has 3 atom stereocenters. The molecule has 0 N–H and O–H groups in total. The minimum atomic E-state index is -0.00496. The molecule has 94 valence electrons. The molecule has 2 fully saturated rings. The molecule has 18 heavy (non-hydrogen) atoms. The van der Waals surface area contributed by atoms with Crippen LogP contribution in [0.1, 0.15) is 24.8 Å². The molecule has 3 aliphatic rings. The Labute approximate surface area is 116 Å². The molecule has 0 radical (unpaired) electrons. The topological polar surface area (TPSA) is 20.3 Å². The maximum absolute atomic E-state index is 12.5. The number of fused-ring (bicyclic) bond motifs is 3. The van der Waals surface area contributed by atoms with Gasteiger partial charge < -0.3 is 4.90 Å². The van der Waals surface area contributed by atoms with E-state index in [2.05, 4.69) is 0 Å². The Hall–Kier alpha value is -0.730. The Bertz CT molecular complexity index is 559. The van der Waals surface area contributed by atoms with Gasteiger partial charge in [-0.3, -0.25) is 4.79 Å². The summed E-state index contributed by atoms with van der Waals surface area (Å²) in [7, 11) is 0. The predicted molar refractivity (Wildman–Crippen MR) is 72.4 cm³/mol. The maximum Gasteiger partial charge on any atom is 0.232 e. The molecule has 1 saturated carbocycles. The van der Waals surface area contributed by atoms with Crippen LogP contribution in [0.5, 0.6) is 0 Å². The van der Waals surface area contributed by atoms with E-state index in [-0.39, 0.29) is 22.7 Å². The second-order valence-corrected chi connectivity index (χ2v) is 6.70. The van der Waals surface area contributed by atoms with Gasteiger partial charge in [0, 0.05) is 16.1 Å². The first kappa shape index (κ1) is 11.1. The van der Waals surface area contributed by atoms with Crippen molar-refractivity contribution in [3.63, 3.8) is 0 Å². The minimum Gasteiger partial charge on any atom is -0.306 e. The van der Waals surface area contributed by atoms with E-state index in [1.54, 1.807) is 0 Å². The molecule has 1 amide bonds. The van der Waals surface area contributed by atoms with Crippen molar-refractivity contribution in [3.05, 3.63) is 28.8 Å². The number of hydrogen-bond donors (Lipinski definition) is 0. The van der Waals surface area contributed by atoms with Gasteiger partial charge in [0.05, 0.1) is 11.5 Å².